The Labute approximate surface area is 338 Å². The van der Waals surface area contributed by atoms with Gasteiger partial charge in [-0.3, -0.25) is 0 Å². The lowest BCUT2D eigenvalue weighted by atomic mass is 9.81. The molecule has 0 atom stereocenters. The first-order valence-electron chi connectivity index (χ1n) is 20.0. The maximum Gasteiger partial charge on any atom is 0.160 e. The number of nitrogens with zero attached hydrogens (tertiary/aromatic N) is 3. The van der Waals surface area contributed by atoms with E-state index in [4.69, 9.17) is 9.97 Å². The molecule has 8 aromatic carbocycles. The number of hydrogen-bond donors (Lipinski definition) is 0. The molecule has 1 aliphatic rings. The second-order valence-corrected chi connectivity index (χ2v) is 15.8. The summed E-state index contributed by atoms with van der Waals surface area (Å²) in [5.41, 5.74) is 18.2. The van der Waals surface area contributed by atoms with E-state index in [0.717, 1.165) is 50.5 Å². The highest BCUT2D eigenvalue weighted by Crippen LogP contribution is 2.50. The molecule has 3 nitrogen and oxygen atoms in total. The fraction of sp³-hybridized carbons (Fsp3) is 0.0545. The van der Waals surface area contributed by atoms with E-state index >= 15 is 0 Å². The van der Waals surface area contributed by atoms with Crippen molar-refractivity contribution in [3.8, 4) is 73.0 Å². The van der Waals surface area contributed by atoms with Crippen molar-refractivity contribution in [3.63, 3.8) is 0 Å². The Balaban J connectivity index is 1.13. The SMILES string of the molecule is CC1(C)c2ccccc2-c2ccc(-c3cc(-c4cccc(-n5c6ccccc6c6ccccc65)c4)cc(-c4cc(-c5ccccc5)nc(-c5ccccc5)n4)c3)cc21. The molecule has 0 saturated heterocycles. The Bertz CT molecular complexity index is 3080. The van der Waals surface area contributed by atoms with Crippen LogP contribution in [0.5, 0.6) is 0 Å². The highest BCUT2D eigenvalue weighted by Gasteiger charge is 2.35. The van der Waals surface area contributed by atoms with Crippen LogP contribution in [0, 0.1) is 0 Å². The minimum absolute atomic E-state index is 0.110. The molecule has 0 aliphatic heterocycles. The van der Waals surface area contributed by atoms with E-state index in [0.29, 0.717) is 5.82 Å². The van der Waals surface area contributed by atoms with Crippen LogP contribution in [0.25, 0.3) is 94.8 Å². The van der Waals surface area contributed by atoms with Crippen LogP contribution in [-0.4, -0.2) is 14.5 Å². The summed E-state index contributed by atoms with van der Waals surface area (Å²) in [6, 6.07) is 72.0. The van der Waals surface area contributed by atoms with E-state index in [1.54, 1.807) is 0 Å². The van der Waals surface area contributed by atoms with Crippen molar-refractivity contribution in [1.82, 2.24) is 14.5 Å². The summed E-state index contributed by atoms with van der Waals surface area (Å²) in [4.78, 5) is 10.4. The van der Waals surface area contributed by atoms with E-state index in [9.17, 15) is 0 Å². The van der Waals surface area contributed by atoms with Gasteiger partial charge in [0, 0.05) is 38.6 Å². The number of hydrogen-bond acceptors (Lipinski definition) is 2. The molecule has 0 amide bonds. The average Bonchev–Trinajstić information content (AvgIpc) is 3.75. The first-order chi connectivity index (χ1) is 28.5. The van der Waals surface area contributed by atoms with Gasteiger partial charge in [-0.05, 0) is 99.1 Å². The normalized spacial score (nSPS) is 12.8. The van der Waals surface area contributed by atoms with Gasteiger partial charge in [0.2, 0.25) is 0 Å². The third-order valence-electron chi connectivity index (χ3n) is 12.0. The molecule has 3 heteroatoms. The predicted octanol–water partition coefficient (Wildman–Crippen LogP) is 14.2. The van der Waals surface area contributed by atoms with Crippen molar-refractivity contribution < 1.29 is 0 Å². The molecule has 0 unspecified atom stereocenters. The lowest BCUT2D eigenvalue weighted by Crippen LogP contribution is -2.14. The molecule has 2 aromatic heterocycles. The molecule has 0 radical (unpaired) electrons. The molecule has 0 saturated carbocycles. The zero-order chi connectivity index (χ0) is 38.8. The molecule has 0 fully saturated rings. The van der Waals surface area contributed by atoms with Crippen molar-refractivity contribution in [1.29, 1.82) is 0 Å². The third-order valence-corrected chi connectivity index (χ3v) is 12.0. The second kappa shape index (κ2) is 13.4. The van der Waals surface area contributed by atoms with Gasteiger partial charge in [0.15, 0.2) is 5.82 Å². The third kappa shape index (κ3) is 5.58. The highest BCUT2D eigenvalue weighted by atomic mass is 15.0. The molecule has 1 aliphatic carbocycles. The lowest BCUT2D eigenvalue weighted by molar-refractivity contribution is 0.660. The Hall–Kier alpha value is -7.36. The fourth-order valence-corrected chi connectivity index (χ4v) is 9.09. The molecular formula is C55H39N3. The first kappa shape index (κ1) is 33.9. The Morgan fingerprint density at radius 2 is 0.897 bits per heavy atom. The van der Waals surface area contributed by atoms with Crippen molar-refractivity contribution >= 4 is 21.8 Å². The first-order valence-corrected chi connectivity index (χ1v) is 20.0. The number of aromatic nitrogens is 3. The largest absolute Gasteiger partial charge is 0.309 e. The van der Waals surface area contributed by atoms with Crippen LogP contribution in [0.15, 0.2) is 200 Å². The van der Waals surface area contributed by atoms with Gasteiger partial charge in [0.25, 0.3) is 0 Å². The van der Waals surface area contributed by atoms with Crippen LogP contribution >= 0.6 is 0 Å². The topological polar surface area (TPSA) is 30.7 Å². The van der Waals surface area contributed by atoms with Crippen LogP contribution in [0.2, 0.25) is 0 Å². The maximum atomic E-state index is 5.29. The Morgan fingerprint density at radius 3 is 1.60 bits per heavy atom. The van der Waals surface area contributed by atoms with Crippen molar-refractivity contribution in [2.24, 2.45) is 0 Å². The van der Waals surface area contributed by atoms with E-state index in [1.165, 1.54) is 49.6 Å². The lowest BCUT2D eigenvalue weighted by Gasteiger charge is -2.22. The van der Waals surface area contributed by atoms with Crippen molar-refractivity contribution in [3.05, 3.63) is 211 Å². The fourth-order valence-electron chi connectivity index (χ4n) is 9.09. The smallest absolute Gasteiger partial charge is 0.160 e. The quantitative estimate of drug-likeness (QED) is 0.170. The molecule has 11 rings (SSSR count). The van der Waals surface area contributed by atoms with Gasteiger partial charge < -0.3 is 4.57 Å². The monoisotopic (exact) mass is 741 g/mol. The Morgan fingerprint density at radius 1 is 0.362 bits per heavy atom. The summed E-state index contributed by atoms with van der Waals surface area (Å²) in [5.74, 6) is 0.703. The van der Waals surface area contributed by atoms with Crippen LogP contribution in [0.4, 0.5) is 0 Å². The summed E-state index contributed by atoms with van der Waals surface area (Å²) >= 11 is 0. The maximum absolute atomic E-state index is 5.29. The second-order valence-electron chi connectivity index (χ2n) is 15.8. The minimum Gasteiger partial charge on any atom is -0.309 e. The molecule has 0 N–H and O–H groups in total. The molecule has 10 aromatic rings. The van der Waals surface area contributed by atoms with Gasteiger partial charge in [0.1, 0.15) is 0 Å². The number of fused-ring (bicyclic) bond motifs is 6. The zero-order valence-electron chi connectivity index (χ0n) is 32.4. The van der Waals surface area contributed by atoms with Gasteiger partial charge in [-0.25, -0.2) is 9.97 Å². The highest BCUT2D eigenvalue weighted by molar-refractivity contribution is 6.09. The summed E-state index contributed by atoms with van der Waals surface area (Å²) in [5, 5.41) is 2.50. The van der Waals surface area contributed by atoms with E-state index in [1.807, 2.05) is 24.3 Å². The summed E-state index contributed by atoms with van der Waals surface area (Å²) in [6.45, 7) is 4.70. The number of rotatable bonds is 6. The van der Waals surface area contributed by atoms with E-state index < -0.39 is 0 Å². The van der Waals surface area contributed by atoms with Gasteiger partial charge in [-0.15, -0.1) is 0 Å². The van der Waals surface area contributed by atoms with Crippen LogP contribution in [-0.2, 0) is 5.41 Å². The summed E-state index contributed by atoms with van der Waals surface area (Å²) in [7, 11) is 0. The summed E-state index contributed by atoms with van der Waals surface area (Å²) in [6.07, 6.45) is 0. The van der Waals surface area contributed by atoms with Crippen LogP contribution in [0.3, 0.4) is 0 Å². The predicted molar refractivity (Wildman–Crippen MR) is 241 cm³/mol. The number of para-hydroxylation sites is 2. The Kier molecular flexibility index (Phi) is 7.84. The van der Waals surface area contributed by atoms with Gasteiger partial charge in [-0.2, -0.15) is 0 Å². The van der Waals surface area contributed by atoms with E-state index in [2.05, 4.69) is 194 Å². The van der Waals surface area contributed by atoms with Crippen molar-refractivity contribution in [2.75, 3.05) is 0 Å². The van der Waals surface area contributed by atoms with Gasteiger partial charge in [-0.1, -0.05) is 159 Å². The average molecular weight is 742 g/mol. The van der Waals surface area contributed by atoms with Crippen LogP contribution < -0.4 is 0 Å². The van der Waals surface area contributed by atoms with Crippen molar-refractivity contribution in [2.45, 2.75) is 19.3 Å². The number of benzene rings is 8. The zero-order valence-corrected chi connectivity index (χ0v) is 32.4. The van der Waals surface area contributed by atoms with Gasteiger partial charge >= 0.3 is 0 Å². The van der Waals surface area contributed by atoms with Gasteiger partial charge in [0.05, 0.1) is 22.4 Å². The minimum atomic E-state index is -0.110. The molecule has 0 bridgehead atoms. The molecule has 0 spiro atoms. The van der Waals surface area contributed by atoms with E-state index in [-0.39, 0.29) is 5.41 Å². The standard InChI is InChI=1S/C55H39N3/c1-55(2)48-25-12-9-22-44(48)45-29-28-39(34-49(45)55)41-30-40(38-20-15-21-43(33-38)58-52-26-13-10-23-46(52)47-24-11-14-27-53(47)58)31-42(32-41)51-35-50(36-16-5-3-6-17-36)56-54(57-51)37-18-7-4-8-19-37/h3-35H,1-2H3. The molecule has 2 heterocycles. The molecule has 58 heavy (non-hydrogen) atoms. The summed E-state index contributed by atoms with van der Waals surface area (Å²) < 4.78 is 2.39. The van der Waals surface area contributed by atoms with Crippen LogP contribution in [0.1, 0.15) is 25.0 Å². The molecular weight excluding hydrogens is 703 g/mol. The molecule has 274 valence electrons.